The van der Waals surface area contributed by atoms with E-state index in [1.54, 1.807) is 0 Å². The maximum absolute atomic E-state index is 13.6. The molecule has 0 aliphatic rings. The summed E-state index contributed by atoms with van der Waals surface area (Å²) in [6, 6.07) is 2.52. The summed E-state index contributed by atoms with van der Waals surface area (Å²) in [5.41, 5.74) is 5.62. The second-order valence-electron chi connectivity index (χ2n) is 3.78. The molecule has 0 aromatic heterocycles. The van der Waals surface area contributed by atoms with Crippen molar-refractivity contribution in [2.45, 2.75) is 13.3 Å². The first-order valence-electron chi connectivity index (χ1n) is 4.92. The molecule has 0 saturated carbocycles. The molecule has 1 amide bonds. The van der Waals surface area contributed by atoms with Crippen LogP contribution in [0.2, 0.25) is 0 Å². The maximum Gasteiger partial charge on any atom is 0.256 e. The van der Waals surface area contributed by atoms with Crippen LogP contribution < -0.4 is 5.73 Å². The highest BCUT2D eigenvalue weighted by atomic mass is 19.3. The molecule has 0 spiro atoms. The first-order valence-corrected chi connectivity index (χ1v) is 4.92. The molecule has 0 aliphatic heterocycles. The van der Waals surface area contributed by atoms with Crippen molar-refractivity contribution in [1.29, 1.82) is 0 Å². The number of nitrogens with zero attached hydrogens (tertiary/aromatic N) is 1. The molecule has 0 saturated heterocycles. The van der Waals surface area contributed by atoms with Crippen LogP contribution in [0.4, 0.5) is 18.9 Å². The molecule has 0 bridgehead atoms. The highest BCUT2D eigenvalue weighted by Crippen LogP contribution is 2.18. The number of hydrogen-bond acceptors (Lipinski definition) is 2. The van der Waals surface area contributed by atoms with Gasteiger partial charge in [-0.3, -0.25) is 4.79 Å². The van der Waals surface area contributed by atoms with E-state index in [1.165, 1.54) is 20.0 Å². The van der Waals surface area contributed by atoms with Gasteiger partial charge in [0.15, 0.2) is 0 Å². The zero-order valence-corrected chi connectivity index (χ0v) is 9.51. The third-order valence-electron chi connectivity index (χ3n) is 2.27. The lowest BCUT2D eigenvalue weighted by atomic mass is 10.1. The molecular formula is C11H13F3N2O. The Morgan fingerprint density at radius 2 is 2.06 bits per heavy atom. The van der Waals surface area contributed by atoms with Crippen LogP contribution in [-0.2, 0) is 0 Å². The minimum Gasteiger partial charge on any atom is -0.399 e. The Kier molecular flexibility index (Phi) is 3.98. The van der Waals surface area contributed by atoms with Gasteiger partial charge in [-0.05, 0) is 24.6 Å². The summed E-state index contributed by atoms with van der Waals surface area (Å²) in [5.74, 6) is -1.54. The van der Waals surface area contributed by atoms with Gasteiger partial charge in [0, 0.05) is 12.7 Å². The van der Waals surface area contributed by atoms with Crippen LogP contribution in [0.15, 0.2) is 12.1 Å². The molecule has 0 atom stereocenters. The summed E-state index contributed by atoms with van der Waals surface area (Å²) >= 11 is 0. The van der Waals surface area contributed by atoms with Crippen molar-refractivity contribution in [3.8, 4) is 0 Å². The van der Waals surface area contributed by atoms with Gasteiger partial charge < -0.3 is 10.6 Å². The highest BCUT2D eigenvalue weighted by molar-refractivity contribution is 5.95. The Morgan fingerprint density at radius 1 is 1.47 bits per heavy atom. The SMILES string of the molecule is Cc1cc(N)cc(C(=O)N(C)CC(F)F)c1F. The van der Waals surface area contributed by atoms with Crippen molar-refractivity contribution in [1.82, 2.24) is 4.90 Å². The zero-order valence-electron chi connectivity index (χ0n) is 9.51. The summed E-state index contributed by atoms with van der Waals surface area (Å²) < 4.78 is 37.9. The molecule has 1 aromatic rings. The van der Waals surface area contributed by atoms with Gasteiger partial charge in [-0.2, -0.15) is 0 Å². The van der Waals surface area contributed by atoms with Gasteiger partial charge in [-0.25, -0.2) is 13.2 Å². The molecule has 17 heavy (non-hydrogen) atoms. The number of benzene rings is 1. The molecule has 1 rings (SSSR count). The van der Waals surface area contributed by atoms with Crippen molar-refractivity contribution in [2.24, 2.45) is 0 Å². The Balaban J connectivity index is 3.04. The van der Waals surface area contributed by atoms with Crippen LogP contribution in [0.25, 0.3) is 0 Å². The Bertz CT molecular complexity index is 435. The lowest BCUT2D eigenvalue weighted by Crippen LogP contribution is -2.32. The van der Waals surface area contributed by atoms with E-state index in [0.717, 1.165) is 11.0 Å². The van der Waals surface area contributed by atoms with Gasteiger partial charge >= 0.3 is 0 Å². The van der Waals surface area contributed by atoms with Crippen LogP contribution in [0, 0.1) is 12.7 Å². The van der Waals surface area contributed by atoms with E-state index in [1.807, 2.05) is 0 Å². The molecule has 0 fully saturated rings. The second-order valence-corrected chi connectivity index (χ2v) is 3.78. The molecule has 1 aromatic carbocycles. The second kappa shape index (κ2) is 5.07. The number of carbonyl (C=O) groups is 1. The first kappa shape index (κ1) is 13.3. The number of anilines is 1. The van der Waals surface area contributed by atoms with Crippen molar-refractivity contribution in [3.05, 3.63) is 29.1 Å². The lowest BCUT2D eigenvalue weighted by Gasteiger charge is -2.17. The van der Waals surface area contributed by atoms with Gasteiger partial charge in [-0.1, -0.05) is 0 Å². The number of carbonyl (C=O) groups excluding carboxylic acids is 1. The summed E-state index contributed by atoms with van der Waals surface area (Å²) in [6.07, 6.45) is -2.66. The quantitative estimate of drug-likeness (QED) is 0.830. The van der Waals surface area contributed by atoms with Crippen LogP contribution in [-0.4, -0.2) is 30.8 Å². The largest absolute Gasteiger partial charge is 0.399 e. The minimum absolute atomic E-state index is 0.207. The van der Waals surface area contributed by atoms with Crippen molar-refractivity contribution < 1.29 is 18.0 Å². The van der Waals surface area contributed by atoms with Gasteiger partial charge in [0.25, 0.3) is 12.3 Å². The third kappa shape index (κ3) is 3.12. The summed E-state index contributed by atoms with van der Waals surface area (Å²) in [7, 11) is 1.19. The van der Waals surface area contributed by atoms with E-state index in [0.29, 0.717) is 0 Å². The van der Waals surface area contributed by atoms with E-state index >= 15 is 0 Å². The van der Waals surface area contributed by atoms with Gasteiger partial charge in [0.05, 0.1) is 12.1 Å². The Hall–Kier alpha value is -1.72. The molecule has 94 valence electrons. The molecule has 0 radical (unpaired) electrons. The fourth-order valence-electron chi connectivity index (χ4n) is 1.45. The Morgan fingerprint density at radius 3 is 2.59 bits per heavy atom. The molecule has 3 nitrogen and oxygen atoms in total. The minimum atomic E-state index is -2.66. The zero-order chi connectivity index (χ0) is 13.2. The van der Waals surface area contributed by atoms with Gasteiger partial charge in [0.2, 0.25) is 0 Å². The average Bonchev–Trinajstić information content (AvgIpc) is 2.21. The monoisotopic (exact) mass is 246 g/mol. The average molecular weight is 246 g/mol. The summed E-state index contributed by atoms with van der Waals surface area (Å²) in [4.78, 5) is 12.5. The predicted molar refractivity (Wildman–Crippen MR) is 58.5 cm³/mol. The highest BCUT2D eigenvalue weighted by Gasteiger charge is 2.20. The third-order valence-corrected chi connectivity index (χ3v) is 2.27. The van der Waals surface area contributed by atoms with Crippen molar-refractivity contribution >= 4 is 11.6 Å². The summed E-state index contributed by atoms with van der Waals surface area (Å²) in [6.45, 7) is 0.710. The number of amides is 1. The van der Waals surface area contributed by atoms with E-state index in [-0.39, 0.29) is 16.8 Å². The van der Waals surface area contributed by atoms with Gasteiger partial charge in [0.1, 0.15) is 5.82 Å². The number of aryl methyl sites for hydroxylation is 1. The topological polar surface area (TPSA) is 46.3 Å². The van der Waals surface area contributed by atoms with Crippen molar-refractivity contribution in [3.63, 3.8) is 0 Å². The number of halogens is 3. The standard InChI is InChI=1S/C11H13F3N2O/c1-6-3-7(15)4-8(10(6)14)11(17)16(2)5-9(12)13/h3-4,9H,5,15H2,1-2H3. The van der Waals surface area contributed by atoms with Crippen LogP contribution in [0.5, 0.6) is 0 Å². The van der Waals surface area contributed by atoms with Crippen molar-refractivity contribution in [2.75, 3.05) is 19.3 Å². The fourth-order valence-corrected chi connectivity index (χ4v) is 1.45. The van der Waals surface area contributed by atoms with Gasteiger partial charge in [-0.15, -0.1) is 0 Å². The number of alkyl halides is 2. The van der Waals surface area contributed by atoms with E-state index in [4.69, 9.17) is 5.73 Å². The fraction of sp³-hybridized carbons (Fsp3) is 0.364. The Labute approximate surface area is 97.0 Å². The molecule has 0 unspecified atom stereocenters. The molecular weight excluding hydrogens is 233 g/mol. The predicted octanol–water partition coefficient (Wildman–Crippen LogP) is 2.05. The smallest absolute Gasteiger partial charge is 0.256 e. The van der Waals surface area contributed by atoms with E-state index < -0.39 is 24.7 Å². The van der Waals surface area contributed by atoms with Crippen LogP contribution in [0.1, 0.15) is 15.9 Å². The first-order chi connectivity index (χ1) is 7.82. The number of nitrogen functional groups attached to an aromatic ring is 1. The molecule has 6 heteroatoms. The normalized spacial score (nSPS) is 10.7. The lowest BCUT2D eigenvalue weighted by molar-refractivity contribution is 0.0616. The number of nitrogens with two attached hydrogens (primary N) is 1. The molecule has 2 N–H and O–H groups in total. The maximum atomic E-state index is 13.6. The molecule has 0 aliphatic carbocycles. The summed E-state index contributed by atoms with van der Waals surface area (Å²) in [5, 5.41) is 0. The van der Waals surface area contributed by atoms with E-state index in [9.17, 15) is 18.0 Å². The van der Waals surface area contributed by atoms with E-state index in [2.05, 4.69) is 0 Å². The molecule has 0 heterocycles. The van der Waals surface area contributed by atoms with Crippen LogP contribution in [0.3, 0.4) is 0 Å². The number of rotatable bonds is 3. The number of hydrogen-bond donors (Lipinski definition) is 1. The van der Waals surface area contributed by atoms with Crippen LogP contribution >= 0.6 is 0 Å².